The van der Waals surface area contributed by atoms with Crippen LogP contribution in [0.2, 0.25) is 0 Å². The molecule has 0 saturated carbocycles. The quantitative estimate of drug-likeness (QED) is 0.800. The van der Waals surface area contributed by atoms with E-state index in [2.05, 4.69) is 5.32 Å². The summed E-state index contributed by atoms with van der Waals surface area (Å²) in [6.45, 7) is 9.23. The van der Waals surface area contributed by atoms with Gasteiger partial charge in [-0.1, -0.05) is 18.2 Å². The van der Waals surface area contributed by atoms with Gasteiger partial charge in [0.1, 0.15) is 11.4 Å². The first-order valence-corrected chi connectivity index (χ1v) is 9.47. The number of nitrogens with one attached hydrogen (secondary N) is 1. The molecule has 6 heteroatoms. The first kappa shape index (κ1) is 20.8. The second-order valence-electron chi connectivity index (χ2n) is 7.55. The van der Waals surface area contributed by atoms with Crippen LogP contribution in [0.15, 0.2) is 30.3 Å². The Morgan fingerprint density at radius 2 is 1.89 bits per heavy atom. The highest BCUT2D eigenvalue weighted by Gasteiger charge is 2.27. The number of piperidine rings is 1. The standard InChI is InChI=1S/C21H30N2O4/c1-5-26-18-9-7-6-8-16(18)10-11-19(24)22-17-12-14-23(15-13-17)20(25)27-21(2,3)4/h6-11,17H,5,12-15H2,1-4H3,(H,22,24). The average molecular weight is 374 g/mol. The van der Waals surface area contributed by atoms with Crippen molar-refractivity contribution in [2.75, 3.05) is 19.7 Å². The van der Waals surface area contributed by atoms with E-state index in [0.717, 1.165) is 11.3 Å². The molecule has 0 radical (unpaired) electrons. The summed E-state index contributed by atoms with van der Waals surface area (Å²) >= 11 is 0. The van der Waals surface area contributed by atoms with Crippen LogP contribution in [0, 0.1) is 0 Å². The zero-order valence-electron chi connectivity index (χ0n) is 16.7. The molecule has 0 bridgehead atoms. The molecule has 2 amide bonds. The van der Waals surface area contributed by atoms with Gasteiger partial charge in [-0.3, -0.25) is 4.79 Å². The van der Waals surface area contributed by atoms with Crippen LogP contribution >= 0.6 is 0 Å². The monoisotopic (exact) mass is 374 g/mol. The third-order valence-corrected chi connectivity index (χ3v) is 4.13. The van der Waals surface area contributed by atoms with Gasteiger partial charge >= 0.3 is 6.09 Å². The number of rotatable bonds is 5. The number of hydrogen-bond donors (Lipinski definition) is 1. The molecule has 1 heterocycles. The van der Waals surface area contributed by atoms with Gasteiger partial charge in [0, 0.05) is 30.8 Å². The normalized spacial score (nSPS) is 15.6. The van der Waals surface area contributed by atoms with Gasteiger partial charge in [-0.25, -0.2) is 4.79 Å². The highest BCUT2D eigenvalue weighted by molar-refractivity contribution is 5.92. The van der Waals surface area contributed by atoms with Crippen molar-refractivity contribution in [1.82, 2.24) is 10.2 Å². The largest absolute Gasteiger partial charge is 0.493 e. The zero-order valence-corrected chi connectivity index (χ0v) is 16.7. The molecular formula is C21H30N2O4. The third kappa shape index (κ3) is 6.96. The molecule has 27 heavy (non-hydrogen) atoms. The van der Waals surface area contributed by atoms with E-state index in [9.17, 15) is 9.59 Å². The summed E-state index contributed by atoms with van der Waals surface area (Å²) in [5, 5.41) is 3.00. The molecule has 0 aliphatic carbocycles. The fourth-order valence-corrected chi connectivity index (χ4v) is 2.85. The molecule has 1 aliphatic heterocycles. The summed E-state index contributed by atoms with van der Waals surface area (Å²) < 4.78 is 10.9. The lowest BCUT2D eigenvalue weighted by molar-refractivity contribution is -0.117. The summed E-state index contributed by atoms with van der Waals surface area (Å²) in [5.41, 5.74) is 0.374. The van der Waals surface area contributed by atoms with Crippen molar-refractivity contribution in [1.29, 1.82) is 0 Å². The SMILES string of the molecule is CCOc1ccccc1C=CC(=O)NC1CCN(C(=O)OC(C)(C)C)CC1. The topological polar surface area (TPSA) is 67.9 Å². The molecule has 0 spiro atoms. The van der Waals surface area contributed by atoms with E-state index in [1.54, 1.807) is 11.0 Å². The van der Waals surface area contributed by atoms with Gasteiger partial charge in [-0.2, -0.15) is 0 Å². The maximum Gasteiger partial charge on any atom is 0.410 e. The number of hydrogen-bond acceptors (Lipinski definition) is 4. The van der Waals surface area contributed by atoms with E-state index in [0.29, 0.717) is 32.5 Å². The molecule has 1 saturated heterocycles. The van der Waals surface area contributed by atoms with Crippen molar-refractivity contribution >= 4 is 18.1 Å². The van der Waals surface area contributed by atoms with Crippen LogP contribution in [0.4, 0.5) is 4.79 Å². The highest BCUT2D eigenvalue weighted by Crippen LogP contribution is 2.19. The molecule has 0 aromatic heterocycles. The maximum atomic E-state index is 12.2. The molecule has 148 valence electrons. The smallest absolute Gasteiger partial charge is 0.410 e. The molecule has 2 rings (SSSR count). The maximum absolute atomic E-state index is 12.2. The Morgan fingerprint density at radius 3 is 2.52 bits per heavy atom. The number of nitrogens with zero attached hydrogens (tertiary/aromatic N) is 1. The van der Waals surface area contributed by atoms with Crippen molar-refractivity contribution in [3.05, 3.63) is 35.9 Å². The predicted octanol–water partition coefficient (Wildman–Crippen LogP) is 3.61. The zero-order chi connectivity index (χ0) is 19.9. The Bertz CT molecular complexity index is 671. The summed E-state index contributed by atoms with van der Waals surface area (Å²) in [6.07, 6.45) is 4.43. The first-order valence-electron chi connectivity index (χ1n) is 9.47. The number of amides is 2. The molecule has 0 unspecified atom stereocenters. The van der Waals surface area contributed by atoms with E-state index in [1.807, 2.05) is 52.0 Å². The Morgan fingerprint density at radius 1 is 1.22 bits per heavy atom. The van der Waals surface area contributed by atoms with E-state index >= 15 is 0 Å². The fourth-order valence-electron chi connectivity index (χ4n) is 2.85. The number of ether oxygens (including phenoxy) is 2. The van der Waals surface area contributed by atoms with Crippen LogP contribution in [0.1, 0.15) is 46.1 Å². The van der Waals surface area contributed by atoms with Crippen LogP contribution in [-0.2, 0) is 9.53 Å². The summed E-state index contributed by atoms with van der Waals surface area (Å²) in [7, 11) is 0. The lowest BCUT2D eigenvalue weighted by Gasteiger charge is -2.33. The first-order chi connectivity index (χ1) is 12.8. The van der Waals surface area contributed by atoms with Gasteiger partial charge in [0.2, 0.25) is 5.91 Å². The van der Waals surface area contributed by atoms with Crippen molar-refractivity contribution in [2.45, 2.75) is 52.2 Å². The Kier molecular flexibility index (Phi) is 7.28. The van der Waals surface area contributed by atoms with Gasteiger partial charge < -0.3 is 19.7 Å². The van der Waals surface area contributed by atoms with Crippen LogP contribution in [0.25, 0.3) is 6.08 Å². The minimum Gasteiger partial charge on any atom is -0.493 e. The second kappa shape index (κ2) is 9.44. The van der Waals surface area contributed by atoms with E-state index in [1.165, 1.54) is 6.08 Å². The van der Waals surface area contributed by atoms with Gasteiger partial charge in [0.25, 0.3) is 0 Å². The lowest BCUT2D eigenvalue weighted by atomic mass is 10.1. The van der Waals surface area contributed by atoms with Gasteiger partial charge in [0.05, 0.1) is 6.61 Å². The van der Waals surface area contributed by atoms with E-state index in [4.69, 9.17) is 9.47 Å². The number of para-hydroxylation sites is 1. The van der Waals surface area contributed by atoms with Crippen molar-refractivity contribution in [2.24, 2.45) is 0 Å². The number of carbonyl (C=O) groups is 2. The molecule has 0 atom stereocenters. The number of benzene rings is 1. The number of carbonyl (C=O) groups excluding carboxylic acids is 2. The second-order valence-corrected chi connectivity index (χ2v) is 7.55. The molecule has 1 aromatic rings. The summed E-state index contributed by atoms with van der Waals surface area (Å²) in [6, 6.07) is 7.66. The van der Waals surface area contributed by atoms with Crippen LogP contribution in [0.5, 0.6) is 5.75 Å². The van der Waals surface area contributed by atoms with Crippen LogP contribution < -0.4 is 10.1 Å². The minimum atomic E-state index is -0.495. The third-order valence-electron chi connectivity index (χ3n) is 4.13. The molecule has 1 N–H and O–H groups in total. The van der Waals surface area contributed by atoms with E-state index in [-0.39, 0.29) is 18.0 Å². The fraction of sp³-hybridized carbons (Fsp3) is 0.524. The minimum absolute atomic E-state index is 0.0583. The average Bonchev–Trinajstić information content (AvgIpc) is 2.60. The molecular weight excluding hydrogens is 344 g/mol. The summed E-state index contributed by atoms with van der Waals surface area (Å²) in [5.74, 6) is 0.617. The predicted molar refractivity (Wildman–Crippen MR) is 106 cm³/mol. The lowest BCUT2D eigenvalue weighted by Crippen LogP contribution is -2.47. The van der Waals surface area contributed by atoms with E-state index < -0.39 is 5.60 Å². The molecule has 1 fully saturated rings. The number of likely N-dealkylation sites (tertiary alicyclic amines) is 1. The van der Waals surface area contributed by atoms with Crippen molar-refractivity contribution in [3.63, 3.8) is 0 Å². The Labute approximate surface area is 161 Å². The van der Waals surface area contributed by atoms with Gasteiger partial charge in [-0.05, 0) is 52.7 Å². The van der Waals surface area contributed by atoms with Crippen LogP contribution in [0.3, 0.4) is 0 Å². The summed E-state index contributed by atoms with van der Waals surface area (Å²) in [4.78, 5) is 26.0. The Balaban J connectivity index is 1.82. The highest BCUT2D eigenvalue weighted by atomic mass is 16.6. The van der Waals surface area contributed by atoms with Crippen molar-refractivity contribution < 1.29 is 19.1 Å². The molecule has 1 aliphatic rings. The van der Waals surface area contributed by atoms with Gasteiger partial charge in [-0.15, -0.1) is 0 Å². The van der Waals surface area contributed by atoms with Crippen LogP contribution in [-0.4, -0.2) is 48.2 Å². The van der Waals surface area contributed by atoms with Crippen molar-refractivity contribution in [3.8, 4) is 5.75 Å². The van der Waals surface area contributed by atoms with Gasteiger partial charge in [0.15, 0.2) is 0 Å². The molecule has 6 nitrogen and oxygen atoms in total. The Hall–Kier alpha value is -2.50. The molecule has 1 aromatic carbocycles.